The van der Waals surface area contributed by atoms with Gasteiger partial charge in [-0.15, -0.1) is 11.3 Å². The molecule has 1 unspecified atom stereocenters. The quantitative estimate of drug-likeness (QED) is 0.786. The van der Waals surface area contributed by atoms with Crippen LogP contribution in [0.15, 0.2) is 53.9 Å². The molecule has 3 aromatic rings. The molecule has 1 aromatic heterocycles. The molecule has 0 spiro atoms. The zero-order valence-corrected chi connectivity index (χ0v) is 13.4. The van der Waals surface area contributed by atoms with Crippen LogP contribution in [0.3, 0.4) is 0 Å². The first kappa shape index (κ1) is 14.8. The van der Waals surface area contributed by atoms with Crippen LogP contribution in [0.5, 0.6) is 5.75 Å². The summed E-state index contributed by atoms with van der Waals surface area (Å²) in [5, 5.41) is 2.97. The van der Waals surface area contributed by atoms with Gasteiger partial charge in [0.1, 0.15) is 10.8 Å². The van der Waals surface area contributed by atoms with E-state index in [4.69, 9.17) is 10.5 Å². The van der Waals surface area contributed by atoms with E-state index < -0.39 is 0 Å². The van der Waals surface area contributed by atoms with E-state index in [0.717, 1.165) is 27.6 Å². The Balaban J connectivity index is 1.84. The number of ether oxygens (including phenoxy) is 1. The molecule has 1 heterocycles. The molecule has 3 rings (SSSR count). The molecule has 0 saturated carbocycles. The Morgan fingerprint density at radius 1 is 1.05 bits per heavy atom. The summed E-state index contributed by atoms with van der Waals surface area (Å²) in [6, 6.07) is 16.0. The molecule has 0 amide bonds. The van der Waals surface area contributed by atoms with Crippen molar-refractivity contribution < 1.29 is 4.74 Å². The van der Waals surface area contributed by atoms with Crippen molar-refractivity contribution in [3.8, 4) is 17.0 Å². The van der Waals surface area contributed by atoms with E-state index in [0.29, 0.717) is 0 Å². The highest BCUT2D eigenvalue weighted by molar-refractivity contribution is 7.10. The minimum atomic E-state index is -0.183. The summed E-state index contributed by atoms with van der Waals surface area (Å²) in [4.78, 5) is 4.69. The topological polar surface area (TPSA) is 48.1 Å². The maximum Gasteiger partial charge on any atom is 0.118 e. The first-order valence-electron chi connectivity index (χ1n) is 7.09. The summed E-state index contributed by atoms with van der Waals surface area (Å²) in [6.07, 6.45) is 0. The maximum atomic E-state index is 6.33. The summed E-state index contributed by atoms with van der Waals surface area (Å²) >= 11 is 1.59. The van der Waals surface area contributed by atoms with Gasteiger partial charge in [-0.2, -0.15) is 0 Å². The van der Waals surface area contributed by atoms with Gasteiger partial charge in [-0.3, -0.25) is 0 Å². The molecular formula is C18H18N2OS. The summed E-state index contributed by atoms with van der Waals surface area (Å²) in [5.41, 5.74) is 10.7. The van der Waals surface area contributed by atoms with E-state index in [1.165, 1.54) is 5.56 Å². The molecule has 0 bridgehead atoms. The lowest BCUT2D eigenvalue weighted by atomic mass is 10.1. The normalized spacial score (nSPS) is 12.1. The van der Waals surface area contributed by atoms with Gasteiger partial charge < -0.3 is 10.5 Å². The Morgan fingerprint density at radius 2 is 1.73 bits per heavy atom. The molecule has 0 fully saturated rings. The second-order valence-corrected chi connectivity index (χ2v) is 6.08. The van der Waals surface area contributed by atoms with Gasteiger partial charge in [0.05, 0.1) is 18.8 Å². The van der Waals surface area contributed by atoms with Crippen molar-refractivity contribution in [2.24, 2.45) is 5.73 Å². The van der Waals surface area contributed by atoms with Crippen LogP contribution in [-0.2, 0) is 0 Å². The average molecular weight is 310 g/mol. The lowest BCUT2D eigenvalue weighted by Gasteiger charge is -2.09. The molecule has 1 atom stereocenters. The third kappa shape index (κ3) is 3.03. The van der Waals surface area contributed by atoms with E-state index in [-0.39, 0.29) is 6.04 Å². The minimum Gasteiger partial charge on any atom is -0.497 e. The number of rotatable bonds is 4. The molecule has 4 heteroatoms. The molecule has 0 saturated heterocycles. The third-order valence-corrected chi connectivity index (χ3v) is 4.54. The van der Waals surface area contributed by atoms with Crippen LogP contribution in [-0.4, -0.2) is 12.1 Å². The van der Waals surface area contributed by atoms with Gasteiger partial charge in [0.15, 0.2) is 0 Å². The fourth-order valence-electron chi connectivity index (χ4n) is 2.24. The number of nitrogens with two attached hydrogens (primary N) is 1. The van der Waals surface area contributed by atoms with Crippen molar-refractivity contribution in [2.75, 3.05) is 7.11 Å². The molecular weight excluding hydrogens is 292 g/mol. The van der Waals surface area contributed by atoms with Gasteiger partial charge in [0.2, 0.25) is 0 Å². The fraction of sp³-hybridized carbons (Fsp3) is 0.167. The number of hydrogen-bond donors (Lipinski definition) is 1. The van der Waals surface area contributed by atoms with Crippen molar-refractivity contribution >= 4 is 11.3 Å². The minimum absolute atomic E-state index is 0.183. The molecule has 0 aliphatic carbocycles. The standard InChI is InChI=1S/C18H18N2OS/c1-12-3-5-14(6-4-12)17(19)18-20-16(11-22-18)13-7-9-15(21-2)10-8-13/h3-11,17H,19H2,1-2H3. The van der Waals surface area contributed by atoms with Crippen molar-refractivity contribution in [1.82, 2.24) is 4.98 Å². The number of hydrogen-bond acceptors (Lipinski definition) is 4. The average Bonchev–Trinajstić information content (AvgIpc) is 3.05. The summed E-state index contributed by atoms with van der Waals surface area (Å²) < 4.78 is 5.18. The molecule has 0 aliphatic heterocycles. The highest BCUT2D eigenvalue weighted by Crippen LogP contribution is 2.28. The van der Waals surface area contributed by atoms with Crippen LogP contribution in [0.4, 0.5) is 0 Å². The van der Waals surface area contributed by atoms with Crippen LogP contribution < -0.4 is 10.5 Å². The predicted octanol–water partition coefficient (Wildman–Crippen LogP) is 4.18. The van der Waals surface area contributed by atoms with Gasteiger partial charge >= 0.3 is 0 Å². The molecule has 22 heavy (non-hydrogen) atoms. The first-order chi connectivity index (χ1) is 10.7. The Kier molecular flexibility index (Phi) is 4.22. The number of nitrogens with zero attached hydrogens (tertiary/aromatic N) is 1. The number of aryl methyl sites for hydroxylation is 1. The third-order valence-electron chi connectivity index (χ3n) is 3.61. The monoisotopic (exact) mass is 310 g/mol. The first-order valence-corrected chi connectivity index (χ1v) is 7.97. The SMILES string of the molecule is COc1ccc(-c2csc(C(N)c3ccc(C)cc3)n2)cc1. The second-order valence-electron chi connectivity index (χ2n) is 5.19. The van der Waals surface area contributed by atoms with Gasteiger partial charge in [-0.25, -0.2) is 4.98 Å². The predicted molar refractivity (Wildman–Crippen MR) is 91.3 cm³/mol. The molecule has 0 radical (unpaired) electrons. The van der Waals surface area contributed by atoms with Crippen LogP contribution in [0.2, 0.25) is 0 Å². The molecule has 2 aromatic carbocycles. The Hall–Kier alpha value is -2.17. The van der Waals surface area contributed by atoms with E-state index in [9.17, 15) is 0 Å². The van der Waals surface area contributed by atoms with E-state index in [1.54, 1.807) is 18.4 Å². The lowest BCUT2D eigenvalue weighted by molar-refractivity contribution is 0.415. The lowest BCUT2D eigenvalue weighted by Crippen LogP contribution is -2.11. The highest BCUT2D eigenvalue weighted by atomic mass is 32.1. The number of benzene rings is 2. The fourth-order valence-corrected chi connectivity index (χ4v) is 3.10. The molecule has 2 N–H and O–H groups in total. The summed E-state index contributed by atoms with van der Waals surface area (Å²) in [5.74, 6) is 0.843. The van der Waals surface area contributed by atoms with Crippen molar-refractivity contribution in [3.05, 3.63) is 70.0 Å². The van der Waals surface area contributed by atoms with Gasteiger partial charge in [-0.05, 0) is 36.8 Å². The van der Waals surface area contributed by atoms with Gasteiger partial charge in [0, 0.05) is 10.9 Å². The maximum absolute atomic E-state index is 6.33. The number of aromatic nitrogens is 1. The molecule has 0 aliphatic rings. The van der Waals surface area contributed by atoms with Crippen molar-refractivity contribution in [2.45, 2.75) is 13.0 Å². The largest absolute Gasteiger partial charge is 0.497 e. The Morgan fingerprint density at radius 3 is 2.36 bits per heavy atom. The second kappa shape index (κ2) is 6.30. The van der Waals surface area contributed by atoms with Gasteiger partial charge in [0.25, 0.3) is 0 Å². The smallest absolute Gasteiger partial charge is 0.118 e. The molecule has 112 valence electrons. The number of thiazole rings is 1. The Labute approximate surface area is 134 Å². The molecule has 3 nitrogen and oxygen atoms in total. The van der Waals surface area contributed by atoms with Crippen LogP contribution in [0.1, 0.15) is 22.2 Å². The van der Waals surface area contributed by atoms with Gasteiger partial charge in [-0.1, -0.05) is 29.8 Å². The van der Waals surface area contributed by atoms with Crippen LogP contribution >= 0.6 is 11.3 Å². The Bertz CT molecular complexity index is 748. The summed E-state index contributed by atoms with van der Waals surface area (Å²) in [7, 11) is 1.66. The van der Waals surface area contributed by atoms with Crippen molar-refractivity contribution in [3.63, 3.8) is 0 Å². The number of methoxy groups -OCH3 is 1. The van der Waals surface area contributed by atoms with Crippen molar-refractivity contribution in [1.29, 1.82) is 0 Å². The van der Waals surface area contributed by atoms with Crippen LogP contribution in [0.25, 0.3) is 11.3 Å². The highest BCUT2D eigenvalue weighted by Gasteiger charge is 2.14. The van der Waals surface area contributed by atoms with Crippen LogP contribution in [0, 0.1) is 6.92 Å². The summed E-state index contributed by atoms with van der Waals surface area (Å²) in [6.45, 7) is 2.07. The van der Waals surface area contributed by atoms with E-state index in [1.807, 2.05) is 29.6 Å². The zero-order valence-electron chi connectivity index (χ0n) is 12.6. The van der Waals surface area contributed by atoms with E-state index >= 15 is 0 Å². The van der Waals surface area contributed by atoms with E-state index in [2.05, 4.69) is 36.2 Å². The zero-order chi connectivity index (χ0) is 15.5.